The molecule has 1 aliphatic rings. The summed E-state index contributed by atoms with van der Waals surface area (Å²) in [4.78, 5) is 18.0. The molecule has 1 atom stereocenters. The highest BCUT2D eigenvalue weighted by Crippen LogP contribution is 2.31. The Balaban J connectivity index is 2.10. The Morgan fingerprint density at radius 1 is 1.45 bits per heavy atom. The minimum absolute atomic E-state index is 0.0264. The smallest absolute Gasteiger partial charge is 0.238 e. The normalized spacial score (nSPS) is 19.6. The molecule has 0 spiro atoms. The van der Waals surface area contributed by atoms with Gasteiger partial charge in [0.25, 0.3) is 0 Å². The maximum atomic E-state index is 12.3. The van der Waals surface area contributed by atoms with Crippen molar-refractivity contribution in [3.63, 3.8) is 0 Å². The third kappa shape index (κ3) is 3.34. The van der Waals surface area contributed by atoms with E-state index < -0.39 is 10.0 Å². The molecule has 0 aliphatic carbocycles. The first-order valence-electron chi connectivity index (χ1n) is 6.50. The Bertz CT molecular complexity index is 574. The number of carbonyl (C=O) groups excluding carboxylic acids is 1. The van der Waals surface area contributed by atoms with Crippen molar-refractivity contribution in [2.75, 3.05) is 26.4 Å². The number of likely N-dealkylation sites (tertiary alicyclic amines) is 1. The maximum absolute atomic E-state index is 12.3. The average molecular weight is 297 g/mol. The Morgan fingerprint density at radius 3 is 2.70 bits per heavy atom. The molecule has 0 saturated carbocycles. The first kappa shape index (κ1) is 14.9. The Hall–Kier alpha value is -1.47. The Morgan fingerprint density at radius 2 is 2.10 bits per heavy atom. The predicted octanol–water partition coefficient (Wildman–Crippen LogP) is 0.637. The van der Waals surface area contributed by atoms with E-state index in [0.29, 0.717) is 6.54 Å². The molecule has 1 aromatic heterocycles. The summed E-state index contributed by atoms with van der Waals surface area (Å²) >= 11 is 0. The second kappa shape index (κ2) is 5.88. The van der Waals surface area contributed by atoms with Gasteiger partial charge in [-0.25, -0.2) is 8.42 Å². The molecule has 1 saturated heterocycles. The predicted molar refractivity (Wildman–Crippen MR) is 75.4 cm³/mol. The molecule has 20 heavy (non-hydrogen) atoms. The number of likely N-dealkylation sites (N-methyl/N-ethyl adjacent to an activating group) is 1. The van der Waals surface area contributed by atoms with Crippen LogP contribution < -0.4 is 0 Å². The number of aromatic nitrogens is 1. The standard InChI is InChI=1S/C13H19N3O3S/c1-15(20(2,18)19)10-13(17)16-9-3-4-12(16)11-5-7-14-8-6-11/h5-8,12H,3-4,9-10H2,1-2H3/t12-/m1/s1. The zero-order valence-corrected chi connectivity index (χ0v) is 12.5. The largest absolute Gasteiger partial charge is 0.335 e. The van der Waals surface area contributed by atoms with E-state index in [4.69, 9.17) is 0 Å². The van der Waals surface area contributed by atoms with Crippen molar-refractivity contribution in [3.05, 3.63) is 30.1 Å². The summed E-state index contributed by atoms with van der Waals surface area (Å²) < 4.78 is 23.8. The van der Waals surface area contributed by atoms with Crippen LogP contribution in [0.25, 0.3) is 0 Å². The lowest BCUT2D eigenvalue weighted by Gasteiger charge is -2.26. The second-order valence-corrected chi connectivity index (χ2v) is 7.13. The van der Waals surface area contributed by atoms with Gasteiger partial charge in [-0.3, -0.25) is 9.78 Å². The van der Waals surface area contributed by atoms with Gasteiger partial charge in [0.2, 0.25) is 15.9 Å². The molecule has 0 bridgehead atoms. The van der Waals surface area contributed by atoms with Gasteiger partial charge >= 0.3 is 0 Å². The van der Waals surface area contributed by atoms with Crippen LogP contribution in [0.15, 0.2) is 24.5 Å². The minimum Gasteiger partial charge on any atom is -0.335 e. The van der Waals surface area contributed by atoms with Gasteiger partial charge in [0.1, 0.15) is 0 Å². The van der Waals surface area contributed by atoms with Crippen LogP contribution in [0.5, 0.6) is 0 Å². The summed E-state index contributed by atoms with van der Waals surface area (Å²) in [5.41, 5.74) is 1.05. The number of rotatable bonds is 4. The van der Waals surface area contributed by atoms with Gasteiger partial charge in [-0.2, -0.15) is 4.31 Å². The molecule has 2 rings (SSSR count). The van der Waals surface area contributed by atoms with Crippen LogP contribution in [-0.2, 0) is 14.8 Å². The van der Waals surface area contributed by atoms with E-state index in [-0.39, 0.29) is 18.5 Å². The third-order valence-corrected chi connectivity index (χ3v) is 4.85. The molecule has 1 fully saturated rings. The van der Waals surface area contributed by atoms with Gasteiger partial charge in [-0.1, -0.05) is 0 Å². The van der Waals surface area contributed by atoms with Gasteiger partial charge < -0.3 is 4.90 Å². The van der Waals surface area contributed by atoms with Crippen molar-refractivity contribution in [1.82, 2.24) is 14.2 Å². The van der Waals surface area contributed by atoms with Crippen LogP contribution in [0.4, 0.5) is 0 Å². The molecule has 7 heteroatoms. The van der Waals surface area contributed by atoms with Gasteiger partial charge in [-0.15, -0.1) is 0 Å². The topological polar surface area (TPSA) is 70.6 Å². The summed E-state index contributed by atoms with van der Waals surface area (Å²) in [5, 5.41) is 0. The zero-order valence-electron chi connectivity index (χ0n) is 11.7. The van der Waals surface area contributed by atoms with E-state index in [9.17, 15) is 13.2 Å². The number of sulfonamides is 1. The summed E-state index contributed by atoms with van der Waals surface area (Å²) in [6.45, 7) is 0.559. The number of hydrogen-bond donors (Lipinski definition) is 0. The van der Waals surface area contributed by atoms with Crippen LogP contribution in [0, 0.1) is 0 Å². The van der Waals surface area contributed by atoms with E-state index in [2.05, 4.69) is 4.98 Å². The molecule has 0 aromatic carbocycles. The second-order valence-electron chi connectivity index (χ2n) is 5.04. The molecular formula is C13H19N3O3S. The summed E-state index contributed by atoms with van der Waals surface area (Å²) in [5.74, 6) is -0.155. The molecule has 1 amide bonds. The third-order valence-electron chi connectivity index (χ3n) is 3.59. The molecule has 1 aromatic rings. The lowest BCUT2D eigenvalue weighted by atomic mass is 10.1. The van der Waals surface area contributed by atoms with Crippen LogP contribution in [-0.4, -0.2) is 54.9 Å². The Kier molecular flexibility index (Phi) is 4.39. The molecule has 1 aliphatic heterocycles. The highest BCUT2D eigenvalue weighted by Gasteiger charge is 2.31. The lowest BCUT2D eigenvalue weighted by molar-refractivity contribution is -0.132. The van der Waals surface area contributed by atoms with Crippen LogP contribution in [0.3, 0.4) is 0 Å². The summed E-state index contributed by atoms with van der Waals surface area (Å²) in [6, 6.07) is 3.83. The van der Waals surface area contributed by atoms with E-state index in [0.717, 1.165) is 29.0 Å². The Labute approximate surface area is 119 Å². The van der Waals surface area contributed by atoms with E-state index in [1.807, 2.05) is 12.1 Å². The maximum Gasteiger partial charge on any atom is 0.238 e. The van der Waals surface area contributed by atoms with Crippen molar-refractivity contribution in [3.8, 4) is 0 Å². The van der Waals surface area contributed by atoms with Gasteiger partial charge in [0, 0.05) is 26.0 Å². The molecule has 6 nitrogen and oxygen atoms in total. The summed E-state index contributed by atoms with van der Waals surface area (Å²) in [6.07, 6.45) is 6.35. The van der Waals surface area contributed by atoms with Crippen molar-refractivity contribution in [2.24, 2.45) is 0 Å². The fraction of sp³-hybridized carbons (Fsp3) is 0.538. The number of carbonyl (C=O) groups is 1. The summed E-state index contributed by atoms with van der Waals surface area (Å²) in [7, 11) is -1.91. The number of hydrogen-bond acceptors (Lipinski definition) is 4. The quantitative estimate of drug-likeness (QED) is 0.817. The lowest BCUT2D eigenvalue weighted by Crippen LogP contribution is -2.40. The molecule has 110 valence electrons. The SMILES string of the molecule is CN(CC(=O)N1CCC[C@@H]1c1ccncc1)S(C)(=O)=O. The molecular weight excluding hydrogens is 278 g/mol. The van der Waals surface area contributed by atoms with Crippen molar-refractivity contribution in [1.29, 1.82) is 0 Å². The minimum atomic E-state index is -3.33. The number of pyridine rings is 1. The van der Waals surface area contributed by atoms with E-state index >= 15 is 0 Å². The van der Waals surface area contributed by atoms with Gasteiger partial charge in [0.05, 0.1) is 18.8 Å². The van der Waals surface area contributed by atoms with Crippen molar-refractivity contribution >= 4 is 15.9 Å². The average Bonchev–Trinajstić information content (AvgIpc) is 2.87. The van der Waals surface area contributed by atoms with E-state index in [1.165, 1.54) is 7.05 Å². The first-order valence-corrected chi connectivity index (χ1v) is 8.35. The van der Waals surface area contributed by atoms with Crippen molar-refractivity contribution in [2.45, 2.75) is 18.9 Å². The monoisotopic (exact) mass is 297 g/mol. The van der Waals surface area contributed by atoms with Crippen LogP contribution >= 0.6 is 0 Å². The van der Waals surface area contributed by atoms with Gasteiger partial charge in [0.15, 0.2) is 0 Å². The molecule has 0 N–H and O–H groups in total. The molecule has 2 heterocycles. The fourth-order valence-corrected chi connectivity index (χ4v) is 2.74. The van der Waals surface area contributed by atoms with Crippen LogP contribution in [0.1, 0.15) is 24.4 Å². The van der Waals surface area contributed by atoms with Crippen molar-refractivity contribution < 1.29 is 13.2 Å². The van der Waals surface area contributed by atoms with Crippen LogP contribution in [0.2, 0.25) is 0 Å². The van der Waals surface area contributed by atoms with E-state index in [1.54, 1.807) is 17.3 Å². The number of nitrogens with zero attached hydrogens (tertiary/aromatic N) is 3. The fourth-order valence-electron chi connectivity index (χ4n) is 2.40. The highest BCUT2D eigenvalue weighted by atomic mass is 32.2. The number of amides is 1. The molecule has 0 unspecified atom stereocenters. The van der Waals surface area contributed by atoms with Gasteiger partial charge in [-0.05, 0) is 30.5 Å². The zero-order chi connectivity index (χ0) is 14.8. The molecule has 0 radical (unpaired) electrons. The highest BCUT2D eigenvalue weighted by molar-refractivity contribution is 7.88. The first-order chi connectivity index (χ1) is 9.39.